The van der Waals surface area contributed by atoms with Crippen molar-refractivity contribution < 1.29 is 35.2 Å². The molecule has 31 heavy (non-hydrogen) atoms. The summed E-state index contributed by atoms with van der Waals surface area (Å²) in [5, 5.41) is 11.1. The van der Waals surface area contributed by atoms with Crippen molar-refractivity contribution in [1.29, 1.82) is 5.26 Å². The van der Waals surface area contributed by atoms with Gasteiger partial charge in [0.1, 0.15) is 22.8 Å². The predicted molar refractivity (Wildman–Crippen MR) is 102 cm³/mol. The average molecular weight is 463 g/mol. The first-order chi connectivity index (χ1) is 14.3. The number of rotatable bonds is 5. The first kappa shape index (κ1) is 24.5. The van der Waals surface area contributed by atoms with E-state index in [4.69, 9.17) is 5.26 Å². The second kappa shape index (κ2) is 9.15. The Morgan fingerprint density at radius 3 is 2.52 bits per heavy atom. The number of hydrogen-bond acceptors (Lipinski definition) is 4. The van der Waals surface area contributed by atoms with E-state index in [0.29, 0.717) is 6.92 Å². The molecule has 0 saturated carbocycles. The number of halogens is 5. The van der Waals surface area contributed by atoms with Crippen molar-refractivity contribution >= 4 is 21.6 Å². The van der Waals surface area contributed by atoms with E-state index in [2.05, 4.69) is 5.32 Å². The highest BCUT2D eigenvalue weighted by Crippen LogP contribution is 2.34. The number of alkyl halides is 3. The molecule has 0 aliphatic heterocycles. The largest absolute Gasteiger partial charge is 0.404 e. The zero-order chi connectivity index (χ0) is 23.6. The molecule has 12 heteroatoms. The highest BCUT2D eigenvalue weighted by Gasteiger charge is 2.41. The third kappa shape index (κ3) is 5.68. The van der Waals surface area contributed by atoms with Crippen LogP contribution in [0.4, 0.5) is 27.6 Å². The van der Waals surface area contributed by atoms with Crippen molar-refractivity contribution in [3.63, 3.8) is 0 Å². The van der Waals surface area contributed by atoms with Crippen molar-refractivity contribution in [1.82, 2.24) is 4.72 Å². The van der Waals surface area contributed by atoms with E-state index in [1.54, 1.807) is 6.07 Å². The maximum absolute atomic E-state index is 15.2. The van der Waals surface area contributed by atoms with Crippen LogP contribution in [0.15, 0.2) is 40.6 Å². The van der Waals surface area contributed by atoms with Crippen LogP contribution in [0.25, 0.3) is 0 Å². The Kier molecular flexibility index (Phi) is 7.23. The van der Waals surface area contributed by atoms with Gasteiger partial charge < -0.3 is 5.32 Å². The Labute approximate surface area is 175 Å². The molecule has 0 spiro atoms. The summed E-state index contributed by atoms with van der Waals surface area (Å²) in [7, 11) is -4.93. The molecule has 2 atom stereocenters. The van der Waals surface area contributed by atoms with Gasteiger partial charge in [0.05, 0.1) is 11.1 Å². The lowest BCUT2D eigenvalue weighted by Gasteiger charge is -2.19. The monoisotopic (exact) mass is 463 g/mol. The molecule has 0 radical (unpaired) electrons. The fraction of sp³-hybridized carbons (Fsp3) is 0.368. The van der Waals surface area contributed by atoms with Gasteiger partial charge in [0.25, 0.3) is 5.91 Å². The van der Waals surface area contributed by atoms with Crippen LogP contribution in [0.2, 0.25) is 0 Å². The Morgan fingerprint density at radius 2 is 1.94 bits per heavy atom. The lowest BCUT2D eigenvalue weighted by molar-refractivity contribution is -0.147. The van der Waals surface area contributed by atoms with Crippen LogP contribution in [0.5, 0.6) is 0 Å². The number of allylic oxidation sites excluding steroid dienone is 2. The number of hydrogen-bond donors (Lipinski definition) is 2. The van der Waals surface area contributed by atoms with Gasteiger partial charge in [-0.15, -0.1) is 0 Å². The molecule has 1 aliphatic rings. The maximum atomic E-state index is 15.2. The van der Waals surface area contributed by atoms with Crippen LogP contribution in [0, 0.1) is 23.1 Å². The molecule has 0 aromatic heterocycles. The fourth-order valence-electron chi connectivity index (χ4n) is 2.85. The second-order valence-corrected chi connectivity index (χ2v) is 8.60. The number of nitriles is 1. The van der Waals surface area contributed by atoms with E-state index < -0.39 is 56.2 Å². The van der Waals surface area contributed by atoms with E-state index in [1.807, 2.05) is 0 Å². The van der Waals surface area contributed by atoms with Crippen LogP contribution in [0.1, 0.15) is 32.3 Å². The van der Waals surface area contributed by atoms with Gasteiger partial charge in [-0.3, -0.25) is 4.79 Å². The number of nitrogens with zero attached hydrogens (tertiary/aromatic N) is 1. The van der Waals surface area contributed by atoms with Gasteiger partial charge >= 0.3 is 6.18 Å². The lowest BCUT2D eigenvalue weighted by Crippen LogP contribution is -2.43. The molecule has 0 fully saturated rings. The third-order valence-electron chi connectivity index (χ3n) is 4.58. The molecule has 1 aromatic carbocycles. The number of anilines is 1. The highest BCUT2D eigenvalue weighted by molar-refractivity contribution is 7.93. The quantitative estimate of drug-likeness (QED) is 0.644. The second-order valence-electron chi connectivity index (χ2n) is 6.92. The van der Waals surface area contributed by atoms with E-state index in [1.165, 1.54) is 11.6 Å². The van der Waals surface area contributed by atoms with Gasteiger partial charge in [-0.05, 0) is 43.9 Å². The summed E-state index contributed by atoms with van der Waals surface area (Å²) in [6.45, 7) is 2.02. The van der Waals surface area contributed by atoms with Crippen molar-refractivity contribution in [2.45, 2.75) is 38.9 Å². The minimum Gasteiger partial charge on any atom is -0.322 e. The van der Waals surface area contributed by atoms with E-state index in [0.717, 1.165) is 24.3 Å². The number of carbonyl (C=O) groups excluding carboxylic acids is 1. The topological polar surface area (TPSA) is 99.1 Å². The first-order valence-electron chi connectivity index (χ1n) is 8.98. The smallest absolute Gasteiger partial charge is 0.322 e. The minimum absolute atomic E-state index is 0.00284. The zero-order valence-electron chi connectivity index (χ0n) is 16.3. The number of benzene rings is 1. The number of sulfonamides is 1. The molecule has 2 rings (SSSR count). The molecule has 6 nitrogen and oxygen atoms in total. The lowest BCUT2D eigenvalue weighted by atomic mass is 9.96. The van der Waals surface area contributed by atoms with Crippen molar-refractivity contribution in [3.05, 3.63) is 52.0 Å². The molecular weight excluding hydrogens is 445 g/mol. The highest BCUT2D eigenvalue weighted by atomic mass is 32.2. The zero-order valence-corrected chi connectivity index (χ0v) is 17.2. The molecule has 0 saturated heterocycles. The summed E-state index contributed by atoms with van der Waals surface area (Å²) < 4.78 is 93.0. The van der Waals surface area contributed by atoms with Crippen LogP contribution in [0.3, 0.4) is 0 Å². The summed E-state index contributed by atoms with van der Waals surface area (Å²) >= 11 is 0. The van der Waals surface area contributed by atoms with Crippen molar-refractivity contribution in [2.24, 2.45) is 5.92 Å². The maximum Gasteiger partial charge on any atom is 0.404 e. The molecule has 0 heterocycles. The average Bonchev–Trinajstić information content (AvgIpc) is 2.80. The Morgan fingerprint density at radius 1 is 1.29 bits per heavy atom. The van der Waals surface area contributed by atoms with Crippen LogP contribution < -0.4 is 10.0 Å². The van der Waals surface area contributed by atoms with Gasteiger partial charge in [-0.25, -0.2) is 17.2 Å². The van der Waals surface area contributed by atoms with Gasteiger partial charge in [0.2, 0.25) is 10.0 Å². The van der Waals surface area contributed by atoms with E-state index >= 15 is 4.39 Å². The summed E-state index contributed by atoms with van der Waals surface area (Å²) in [6.07, 6.45) is -3.83. The molecule has 2 N–H and O–H groups in total. The molecule has 0 bridgehead atoms. The first-order valence-corrected chi connectivity index (χ1v) is 10.5. The third-order valence-corrected chi connectivity index (χ3v) is 6.17. The van der Waals surface area contributed by atoms with E-state index in [9.17, 15) is 30.8 Å². The Hall–Kier alpha value is -2.78. The summed E-state index contributed by atoms with van der Waals surface area (Å²) in [4.78, 5) is 11.6. The van der Waals surface area contributed by atoms with Gasteiger partial charge in [0.15, 0.2) is 5.83 Å². The summed E-state index contributed by atoms with van der Waals surface area (Å²) in [5.74, 6) is -4.16. The SMILES string of the molecule is CC1CCC=C(S(=O)(=O)N[C@H](C)C(F)(F)F)C(F)=C1C(=O)Nc1ccc(F)c(C#N)c1. The summed E-state index contributed by atoms with van der Waals surface area (Å²) in [5.41, 5.74) is -1.01. The molecule has 168 valence electrons. The van der Waals surface area contributed by atoms with Crippen LogP contribution in [-0.4, -0.2) is 26.5 Å². The normalized spacial score (nSPS) is 18.6. The van der Waals surface area contributed by atoms with Crippen molar-refractivity contribution in [3.8, 4) is 6.07 Å². The van der Waals surface area contributed by atoms with Gasteiger partial charge in [-0.1, -0.05) is 13.0 Å². The standard InChI is InChI=1S/C19H18F5N3O3S/c1-10-4-3-5-15(31(29,30)27-11(2)19(22,23)24)17(21)16(10)18(28)26-13-6-7-14(20)12(8-13)9-25/h5-8,10-11,27H,3-4H2,1-2H3,(H,26,28)/t10?,11-/m1/s1. The molecule has 1 unspecified atom stereocenters. The van der Waals surface area contributed by atoms with E-state index in [-0.39, 0.29) is 24.1 Å². The molecular formula is C19H18F5N3O3S. The van der Waals surface area contributed by atoms with Crippen molar-refractivity contribution in [2.75, 3.05) is 5.32 Å². The fourth-order valence-corrected chi connectivity index (χ4v) is 4.26. The minimum atomic E-state index is -4.93. The Bertz CT molecular complexity index is 1090. The number of nitrogens with one attached hydrogen (secondary N) is 2. The molecule has 1 amide bonds. The van der Waals surface area contributed by atoms with Gasteiger partial charge in [0, 0.05) is 5.69 Å². The number of carbonyl (C=O) groups is 1. The molecule has 1 aromatic rings. The molecule has 1 aliphatic carbocycles. The van der Waals surface area contributed by atoms with Gasteiger partial charge in [-0.2, -0.15) is 23.2 Å². The van der Waals surface area contributed by atoms with Crippen LogP contribution >= 0.6 is 0 Å². The predicted octanol–water partition coefficient (Wildman–Crippen LogP) is 4.04. The Balaban J connectivity index is 2.42. The van der Waals surface area contributed by atoms with Crippen LogP contribution in [-0.2, 0) is 14.8 Å². The summed E-state index contributed by atoms with van der Waals surface area (Å²) in [6, 6.07) is 2.13. The number of amides is 1.